The number of ether oxygens (including phenoxy) is 3. The molecule has 0 fully saturated rings. The van der Waals surface area contributed by atoms with Crippen molar-refractivity contribution < 1.29 is 28.9 Å². The molecule has 0 bridgehead atoms. The molecule has 0 amide bonds. The fraction of sp³-hybridized carbons (Fsp3) is 0.286. The predicted octanol–water partition coefficient (Wildman–Crippen LogP) is 1.77. The number of carbonyl (C=O) groups is 2. The van der Waals surface area contributed by atoms with Crippen LogP contribution in [0.2, 0.25) is 0 Å². The second-order valence-corrected chi connectivity index (χ2v) is 3.79. The molecule has 0 unspecified atom stereocenters. The molecule has 0 aliphatic rings. The molecular weight excluding hydrogens is 264 g/mol. The van der Waals surface area contributed by atoms with E-state index < -0.39 is 18.2 Å². The Labute approximate surface area is 116 Å². The van der Waals surface area contributed by atoms with Gasteiger partial charge in [-0.3, -0.25) is 9.59 Å². The monoisotopic (exact) mass is 280 g/mol. The number of benzene rings is 1. The van der Waals surface area contributed by atoms with E-state index in [-0.39, 0.29) is 0 Å². The van der Waals surface area contributed by atoms with Crippen LogP contribution in [0.5, 0.6) is 17.2 Å². The third-order valence-corrected chi connectivity index (χ3v) is 2.51. The Morgan fingerprint density at radius 2 is 1.75 bits per heavy atom. The highest BCUT2D eigenvalue weighted by atomic mass is 16.5. The van der Waals surface area contributed by atoms with Crippen molar-refractivity contribution in [3.05, 3.63) is 23.8 Å². The van der Waals surface area contributed by atoms with Crippen molar-refractivity contribution in [2.45, 2.75) is 6.42 Å². The number of carboxylic acid groups (broad SMARTS) is 1. The molecule has 6 heteroatoms. The number of allylic oxidation sites excluding steroid dienone is 1. The van der Waals surface area contributed by atoms with E-state index in [0.717, 1.165) is 0 Å². The van der Waals surface area contributed by atoms with Crippen LogP contribution in [-0.4, -0.2) is 38.2 Å². The zero-order valence-electron chi connectivity index (χ0n) is 11.5. The van der Waals surface area contributed by atoms with Gasteiger partial charge in [0.25, 0.3) is 0 Å². The first-order valence-corrected chi connectivity index (χ1v) is 5.75. The maximum absolute atomic E-state index is 11.3. The Morgan fingerprint density at radius 3 is 2.25 bits per heavy atom. The van der Waals surface area contributed by atoms with Crippen molar-refractivity contribution in [3.63, 3.8) is 0 Å². The van der Waals surface area contributed by atoms with Gasteiger partial charge in [-0.05, 0) is 24.3 Å². The molecular formula is C14H16O6. The zero-order chi connectivity index (χ0) is 15.1. The molecule has 0 heterocycles. The van der Waals surface area contributed by atoms with Gasteiger partial charge in [-0.2, -0.15) is 0 Å². The van der Waals surface area contributed by atoms with Gasteiger partial charge in [0.05, 0.1) is 21.3 Å². The first-order valence-electron chi connectivity index (χ1n) is 5.75. The normalized spacial score (nSPS) is 10.3. The molecule has 1 aromatic carbocycles. The number of carbonyl (C=O) groups excluding carboxylic acids is 1. The minimum absolute atomic E-state index is 0.405. The Morgan fingerprint density at radius 1 is 1.10 bits per heavy atom. The van der Waals surface area contributed by atoms with E-state index in [2.05, 4.69) is 0 Å². The average molecular weight is 280 g/mol. The average Bonchev–Trinajstić information content (AvgIpc) is 2.42. The second-order valence-electron chi connectivity index (χ2n) is 3.79. The van der Waals surface area contributed by atoms with Gasteiger partial charge in [-0.25, -0.2) is 0 Å². The van der Waals surface area contributed by atoms with Gasteiger partial charge in [0.15, 0.2) is 17.3 Å². The molecule has 0 radical (unpaired) electrons. The summed E-state index contributed by atoms with van der Waals surface area (Å²) in [5.41, 5.74) is 0.587. The van der Waals surface area contributed by atoms with E-state index in [4.69, 9.17) is 19.3 Å². The van der Waals surface area contributed by atoms with Gasteiger partial charge in [0.1, 0.15) is 6.42 Å². The molecule has 0 aliphatic heterocycles. The molecule has 0 saturated heterocycles. The van der Waals surface area contributed by atoms with Crippen LogP contribution in [0.3, 0.4) is 0 Å². The predicted molar refractivity (Wildman–Crippen MR) is 72.4 cm³/mol. The smallest absolute Gasteiger partial charge is 0.311 e. The summed E-state index contributed by atoms with van der Waals surface area (Å²) in [6, 6.07) is 3.35. The Hall–Kier alpha value is -2.50. The van der Waals surface area contributed by atoms with Crippen LogP contribution >= 0.6 is 0 Å². The molecule has 108 valence electrons. The molecule has 0 aromatic heterocycles. The maximum atomic E-state index is 11.3. The summed E-state index contributed by atoms with van der Waals surface area (Å²) in [6.45, 7) is 0. The van der Waals surface area contributed by atoms with Crippen molar-refractivity contribution in [1.82, 2.24) is 0 Å². The third-order valence-electron chi connectivity index (χ3n) is 2.51. The van der Waals surface area contributed by atoms with Crippen LogP contribution in [0.4, 0.5) is 0 Å². The molecule has 0 atom stereocenters. The summed E-state index contributed by atoms with van der Waals surface area (Å²) in [4.78, 5) is 21.8. The van der Waals surface area contributed by atoms with Crippen LogP contribution in [0, 0.1) is 0 Å². The molecule has 0 saturated carbocycles. The number of aliphatic carboxylic acids is 1. The van der Waals surface area contributed by atoms with E-state index in [1.165, 1.54) is 33.5 Å². The van der Waals surface area contributed by atoms with E-state index >= 15 is 0 Å². The summed E-state index contributed by atoms with van der Waals surface area (Å²) >= 11 is 0. The Bertz CT molecular complexity index is 533. The molecule has 1 aromatic rings. The highest BCUT2D eigenvalue weighted by Gasteiger charge is 2.14. The number of methoxy groups -OCH3 is 3. The van der Waals surface area contributed by atoms with Crippen LogP contribution in [0.1, 0.15) is 12.0 Å². The standard InChI is InChI=1S/C14H16O6/c1-18-11-7-5-9(13(19-2)14(11)20-3)4-6-10(15)8-12(16)17/h4-7H,8H2,1-3H3,(H,16,17)/b6-4+. The largest absolute Gasteiger partial charge is 0.493 e. The summed E-state index contributed by atoms with van der Waals surface area (Å²) in [5, 5.41) is 8.52. The van der Waals surface area contributed by atoms with Gasteiger partial charge < -0.3 is 19.3 Å². The van der Waals surface area contributed by atoms with Crippen LogP contribution in [0.25, 0.3) is 6.08 Å². The lowest BCUT2D eigenvalue weighted by molar-refractivity contribution is -0.139. The van der Waals surface area contributed by atoms with E-state index in [1.54, 1.807) is 12.1 Å². The van der Waals surface area contributed by atoms with E-state index in [0.29, 0.717) is 22.8 Å². The quantitative estimate of drug-likeness (QED) is 0.605. The lowest BCUT2D eigenvalue weighted by Gasteiger charge is -2.13. The fourth-order valence-electron chi connectivity index (χ4n) is 1.65. The molecule has 0 spiro atoms. The van der Waals surface area contributed by atoms with Gasteiger partial charge in [0, 0.05) is 5.56 Å². The number of hydrogen-bond donors (Lipinski definition) is 1. The van der Waals surface area contributed by atoms with E-state index in [1.807, 2.05) is 0 Å². The van der Waals surface area contributed by atoms with Gasteiger partial charge in [-0.1, -0.05) is 0 Å². The number of ketones is 1. The summed E-state index contributed by atoms with van der Waals surface area (Å²) in [7, 11) is 4.44. The van der Waals surface area contributed by atoms with Crippen molar-refractivity contribution in [3.8, 4) is 17.2 Å². The lowest BCUT2D eigenvalue weighted by Crippen LogP contribution is -2.03. The minimum Gasteiger partial charge on any atom is -0.493 e. The highest BCUT2D eigenvalue weighted by molar-refractivity contribution is 6.03. The highest BCUT2D eigenvalue weighted by Crippen LogP contribution is 2.40. The number of hydrogen-bond acceptors (Lipinski definition) is 5. The molecule has 1 rings (SSSR count). The molecule has 1 N–H and O–H groups in total. The summed E-state index contributed by atoms with van der Waals surface area (Å²) < 4.78 is 15.6. The molecule has 6 nitrogen and oxygen atoms in total. The van der Waals surface area contributed by atoms with Crippen molar-refractivity contribution >= 4 is 17.8 Å². The summed E-state index contributed by atoms with van der Waals surface area (Å²) in [5.74, 6) is -0.360. The molecule has 0 aliphatic carbocycles. The van der Waals surface area contributed by atoms with Gasteiger partial charge in [-0.15, -0.1) is 0 Å². The van der Waals surface area contributed by atoms with Crippen LogP contribution < -0.4 is 14.2 Å². The van der Waals surface area contributed by atoms with Crippen LogP contribution in [0.15, 0.2) is 18.2 Å². The fourth-order valence-corrected chi connectivity index (χ4v) is 1.65. The maximum Gasteiger partial charge on any atom is 0.311 e. The van der Waals surface area contributed by atoms with Gasteiger partial charge >= 0.3 is 5.97 Å². The second kappa shape index (κ2) is 7.18. The summed E-state index contributed by atoms with van der Waals surface area (Å²) in [6.07, 6.45) is 2.12. The van der Waals surface area contributed by atoms with Gasteiger partial charge in [0.2, 0.25) is 5.75 Å². The Balaban J connectivity index is 3.09. The minimum atomic E-state index is -1.17. The number of rotatable bonds is 7. The topological polar surface area (TPSA) is 82.1 Å². The first-order chi connectivity index (χ1) is 9.53. The van der Waals surface area contributed by atoms with Crippen molar-refractivity contribution in [2.24, 2.45) is 0 Å². The lowest BCUT2D eigenvalue weighted by atomic mass is 10.1. The van der Waals surface area contributed by atoms with Crippen molar-refractivity contribution in [1.29, 1.82) is 0 Å². The zero-order valence-corrected chi connectivity index (χ0v) is 11.5. The first kappa shape index (κ1) is 15.6. The van der Waals surface area contributed by atoms with Crippen molar-refractivity contribution in [2.75, 3.05) is 21.3 Å². The third kappa shape index (κ3) is 3.74. The number of carboxylic acids is 1. The van der Waals surface area contributed by atoms with Crippen LogP contribution in [-0.2, 0) is 9.59 Å². The van der Waals surface area contributed by atoms with E-state index in [9.17, 15) is 9.59 Å². The molecule has 20 heavy (non-hydrogen) atoms. The Kier molecular flexibility index (Phi) is 5.58. The SMILES string of the molecule is COc1ccc(/C=C/C(=O)CC(=O)O)c(OC)c1OC.